The molecule has 2 rings (SSSR count). The van der Waals surface area contributed by atoms with Gasteiger partial charge in [0, 0.05) is 24.5 Å². The highest BCUT2D eigenvalue weighted by atomic mass is 14.9. The molecular formula is C16H20N2. The summed E-state index contributed by atoms with van der Waals surface area (Å²) in [6.45, 7) is 6.53. The van der Waals surface area contributed by atoms with E-state index >= 15 is 0 Å². The summed E-state index contributed by atoms with van der Waals surface area (Å²) < 4.78 is 0. The topological polar surface area (TPSA) is 24.9 Å². The van der Waals surface area contributed by atoms with E-state index < -0.39 is 0 Å². The van der Waals surface area contributed by atoms with Gasteiger partial charge in [-0.2, -0.15) is 0 Å². The maximum Gasteiger partial charge on any atom is 0.0315 e. The van der Waals surface area contributed by atoms with E-state index in [1.807, 2.05) is 12.3 Å². The van der Waals surface area contributed by atoms with E-state index in [-0.39, 0.29) is 0 Å². The van der Waals surface area contributed by atoms with Gasteiger partial charge in [-0.05, 0) is 43.5 Å². The molecule has 1 aromatic carbocycles. The van der Waals surface area contributed by atoms with Gasteiger partial charge in [0.05, 0.1) is 0 Å². The molecule has 1 aromatic heterocycles. The summed E-state index contributed by atoms with van der Waals surface area (Å²) in [5.41, 5.74) is 3.90. The molecule has 0 saturated heterocycles. The van der Waals surface area contributed by atoms with E-state index in [2.05, 4.69) is 61.4 Å². The number of hydrogen-bond acceptors (Lipinski definition) is 2. The SMILES string of the molecule is Cc1ccccc1C(C)NC(C)c1cccnc1. The fourth-order valence-corrected chi connectivity index (χ4v) is 2.27. The predicted molar refractivity (Wildman–Crippen MR) is 75.4 cm³/mol. The van der Waals surface area contributed by atoms with E-state index in [1.165, 1.54) is 16.7 Å². The number of nitrogens with one attached hydrogen (secondary N) is 1. The van der Waals surface area contributed by atoms with Gasteiger partial charge in [-0.25, -0.2) is 0 Å². The predicted octanol–water partition coefficient (Wildman–Crippen LogP) is 3.80. The summed E-state index contributed by atoms with van der Waals surface area (Å²) in [6.07, 6.45) is 3.73. The van der Waals surface area contributed by atoms with Crippen molar-refractivity contribution in [3.8, 4) is 0 Å². The largest absolute Gasteiger partial charge is 0.304 e. The third-order valence-corrected chi connectivity index (χ3v) is 3.34. The second kappa shape index (κ2) is 5.78. The van der Waals surface area contributed by atoms with E-state index in [4.69, 9.17) is 0 Å². The Morgan fingerprint density at radius 1 is 1.00 bits per heavy atom. The number of pyridine rings is 1. The van der Waals surface area contributed by atoms with Gasteiger partial charge in [-0.15, -0.1) is 0 Å². The Labute approximate surface area is 109 Å². The highest BCUT2D eigenvalue weighted by Gasteiger charge is 2.12. The first-order valence-electron chi connectivity index (χ1n) is 6.40. The quantitative estimate of drug-likeness (QED) is 0.879. The molecule has 0 amide bonds. The van der Waals surface area contributed by atoms with Crippen LogP contribution in [-0.2, 0) is 0 Å². The summed E-state index contributed by atoms with van der Waals surface area (Å²) in [5.74, 6) is 0. The van der Waals surface area contributed by atoms with Crippen molar-refractivity contribution >= 4 is 0 Å². The van der Waals surface area contributed by atoms with Crippen LogP contribution in [-0.4, -0.2) is 4.98 Å². The van der Waals surface area contributed by atoms with Crippen LogP contribution in [0.3, 0.4) is 0 Å². The number of aromatic nitrogens is 1. The summed E-state index contributed by atoms with van der Waals surface area (Å²) in [4.78, 5) is 4.16. The van der Waals surface area contributed by atoms with Gasteiger partial charge in [-0.1, -0.05) is 30.3 Å². The van der Waals surface area contributed by atoms with Gasteiger partial charge >= 0.3 is 0 Å². The van der Waals surface area contributed by atoms with Crippen molar-refractivity contribution < 1.29 is 0 Å². The van der Waals surface area contributed by atoms with Crippen molar-refractivity contribution in [3.63, 3.8) is 0 Å². The van der Waals surface area contributed by atoms with Crippen molar-refractivity contribution in [3.05, 3.63) is 65.5 Å². The van der Waals surface area contributed by atoms with Crippen LogP contribution in [0.4, 0.5) is 0 Å². The molecule has 94 valence electrons. The van der Waals surface area contributed by atoms with Crippen LogP contribution in [0.1, 0.15) is 42.6 Å². The summed E-state index contributed by atoms with van der Waals surface area (Å²) in [5, 5.41) is 3.61. The molecule has 0 fully saturated rings. The zero-order valence-corrected chi connectivity index (χ0v) is 11.2. The lowest BCUT2D eigenvalue weighted by atomic mass is 10.0. The first kappa shape index (κ1) is 12.8. The molecule has 2 atom stereocenters. The lowest BCUT2D eigenvalue weighted by molar-refractivity contribution is 0.492. The van der Waals surface area contributed by atoms with Crippen LogP contribution in [0.5, 0.6) is 0 Å². The Balaban J connectivity index is 2.08. The fraction of sp³-hybridized carbons (Fsp3) is 0.312. The van der Waals surface area contributed by atoms with Gasteiger partial charge in [-0.3, -0.25) is 4.98 Å². The molecule has 1 heterocycles. The molecule has 0 aliphatic rings. The molecule has 0 saturated carbocycles. The van der Waals surface area contributed by atoms with Crippen LogP contribution >= 0.6 is 0 Å². The molecule has 0 aliphatic carbocycles. The number of rotatable bonds is 4. The van der Waals surface area contributed by atoms with Crippen LogP contribution in [0, 0.1) is 6.92 Å². The maximum atomic E-state index is 4.16. The van der Waals surface area contributed by atoms with Crippen LogP contribution in [0.15, 0.2) is 48.8 Å². The zero-order valence-electron chi connectivity index (χ0n) is 11.2. The average molecular weight is 240 g/mol. The van der Waals surface area contributed by atoms with Gasteiger partial charge in [0.2, 0.25) is 0 Å². The van der Waals surface area contributed by atoms with Crippen molar-refractivity contribution in [2.75, 3.05) is 0 Å². The molecule has 2 nitrogen and oxygen atoms in total. The smallest absolute Gasteiger partial charge is 0.0315 e. The minimum atomic E-state index is 0.299. The van der Waals surface area contributed by atoms with Crippen molar-refractivity contribution in [1.82, 2.24) is 10.3 Å². The summed E-state index contributed by atoms with van der Waals surface area (Å²) in [7, 11) is 0. The van der Waals surface area contributed by atoms with Gasteiger partial charge in [0.25, 0.3) is 0 Å². The van der Waals surface area contributed by atoms with Gasteiger partial charge in [0.1, 0.15) is 0 Å². The fourth-order valence-electron chi connectivity index (χ4n) is 2.27. The molecule has 18 heavy (non-hydrogen) atoms. The third kappa shape index (κ3) is 2.96. The molecule has 0 spiro atoms. The second-order valence-corrected chi connectivity index (χ2v) is 4.75. The van der Waals surface area contributed by atoms with E-state index in [9.17, 15) is 0 Å². The van der Waals surface area contributed by atoms with E-state index in [0.29, 0.717) is 12.1 Å². The first-order chi connectivity index (χ1) is 8.68. The molecule has 0 radical (unpaired) electrons. The normalized spacial score (nSPS) is 14.2. The Hall–Kier alpha value is -1.67. The minimum Gasteiger partial charge on any atom is -0.304 e. The van der Waals surface area contributed by atoms with Crippen molar-refractivity contribution in [1.29, 1.82) is 0 Å². The van der Waals surface area contributed by atoms with Crippen molar-refractivity contribution in [2.45, 2.75) is 32.9 Å². The number of aryl methyl sites for hydroxylation is 1. The molecule has 1 N–H and O–H groups in total. The molecule has 0 bridgehead atoms. The number of nitrogens with zero attached hydrogens (tertiary/aromatic N) is 1. The molecular weight excluding hydrogens is 220 g/mol. The highest BCUT2D eigenvalue weighted by Crippen LogP contribution is 2.21. The van der Waals surface area contributed by atoms with Crippen LogP contribution in [0.2, 0.25) is 0 Å². The van der Waals surface area contributed by atoms with E-state index in [0.717, 1.165) is 0 Å². The third-order valence-electron chi connectivity index (χ3n) is 3.34. The summed E-state index contributed by atoms with van der Waals surface area (Å²) >= 11 is 0. The maximum absolute atomic E-state index is 4.16. The molecule has 2 aromatic rings. The van der Waals surface area contributed by atoms with E-state index in [1.54, 1.807) is 6.20 Å². The lowest BCUT2D eigenvalue weighted by Crippen LogP contribution is -2.23. The standard InChI is InChI=1S/C16H20N2/c1-12-7-4-5-9-16(12)14(3)18-13(2)15-8-6-10-17-11-15/h4-11,13-14,18H,1-3H3. The molecule has 2 unspecified atom stereocenters. The Morgan fingerprint density at radius 3 is 2.44 bits per heavy atom. The van der Waals surface area contributed by atoms with Crippen molar-refractivity contribution in [2.24, 2.45) is 0 Å². The van der Waals surface area contributed by atoms with Gasteiger partial charge in [0.15, 0.2) is 0 Å². The first-order valence-corrected chi connectivity index (χ1v) is 6.40. The second-order valence-electron chi connectivity index (χ2n) is 4.75. The number of benzene rings is 1. The molecule has 0 aliphatic heterocycles. The Kier molecular flexibility index (Phi) is 4.11. The summed E-state index contributed by atoms with van der Waals surface area (Å²) in [6, 6.07) is 13.2. The molecule has 2 heteroatoms. The lowest BCUT2D eigenvalue weighted by Gasteiger charge is -2.21. The Morgan fingerprint density at radius 2 is 1.78 bits per heavy atom. The number of hydrogen-bond donors (Lipinski definition) is 1. The Bertz CT molecular complexity index is 493. The van der Waals surface area contributed by atoms with Gasteiger partial charge < -0.3 is 5.32 Å². The van der Waals surface area contributed by atoms with Crippen LogP contribution < -0.4 is 5.32 Å². The minimum absolute atomic E-state index is 0.299. The monoisotopic (exact) mass is 240 g/mol. The highest BCUT2D eigenvalue weighted by molar-refractivity contribution is 5.28. The zero-order chi connectivity index (χ0) is 13.0. The van der Waals surface area contributed by atoms with Crippen LogP contribution in [0.25, 0.3) is 0 Å². The average Bonchev–Trinajstić information content (AvgIpc) is 2.40.